The molecule has 1 N–H and O–H groups in total. The molecule has 6 heteroatoms. The standard InChI is InChI=1S/C14H16N2O3S/c17-8-7-16(10-5-6-10)13(18)9-20-14-15-11-3-1-2-4-12(11)19-14/h1-4,10,17H,5-9H2. The number of oxazole rings is 1. The van der Waals surface area contributed by atoms with Crippen molar-refractivity contribution in [3.8, 4) is 0 Å². The van der Waals surface area contributed by atoms with E-state index in [2.05, 4.69) is 4.98 Å². The number of benzene rings is 1. The number of aliphatic hydroxyl groups excluding tert-OH is 1. The van der Waals surface area contributed by atoms with Crippen LogP contribution < -0.4 is 0 Å². The third-order valence-corrected chi connectivity index (χ3v) is 4.06. The van der Waals surface area contributed by atoms with E-state index in [9.17, 15) is 4.79 Å². The van der Waals surface area contributed by atoms with Crippen LogP contribution in [0.25, 0.3) is 11.1 Å². The number of fused-ring (bicyclic) bond motifs is 1. The molecule has 0 unspecified atom stereocenters. The third kappa shape index (κ3) is 2.96. The molecule has 1 amide bonds. The molecule has 1 aromatic heterocycles. The Morgan fingerprint density at radius 3 is 2.95 bits per heavy atom. The van der Waals surface area contributed by atoms with Crippen molar-refractivity contribution in [2.24, 2.45) is 0 Å². The van der Waals surface area contributed by atoms with Gasteiger partial charge in [0, 0.05) is 12.6 Å². The molecule has 1 aromatic carbocycles. The summed E-state index contributed by atoms with van der Waals surface area (Å²) in [6.07, 6.45) is 2.08. The molecule has 1 saturated carbocycles. The summed E-state index contributed by atoms with van der Waals surface area (Å²) < 4.78 is 5.57. The number of rotatable bonds is 6. The fourth-order valence-electron chi connectivity index (χ4n) is 2.12. The van der Waals surface area contributed by atoms with Crippen LogP contribution in [-0.2, 0) is 4.79 Å². The van der Waals surface area contributed by atoms with Gasteiger partial charge >= 0.3 is 0 Å². The maximum atomic E-state index is 12.1. The molecule has 0 aliphatic heterocycles. The van der Waals surface area contributed by atoms with Crippen LogP contribution in [0, 0.1) is 0 Å². The Morgan fingerprint density at radius 1 is 1.45 bits per heavy atom. The SMILES string of the molecule is O=C(CSc1nc2ccccc2o1)N(CCO)C1CC1. The molecular formula is C14H16N2O3S. The number of hydrogen-bond acceptors (Lipinski definition) is 5. The number of carbonyl (C=O) groups excluding carboxylic acids is 1. The smallest absolute Gasteiger partial charge is 0.257 e. The van der Waals surface area contributed by atoms with Crippen LogP contribution in [-0.4, -0.2) is 45.8 Å². The van der Waals surface area contributed by atoms with Gasteiger partial charge < -0.3 is 14.4 Å². The highest BCUT2D eigenvalue weighted by Gasteiger charge is 2.32. The fraction of sp³-hybridized carbons (Fsp3) is 0.429. The Labute approximate surface area is 121 Å². The monoisotopic (exact) mass is 292 g/mol. The quantitative estimate of drug-likeness (QED) is 0.824. The maximum absolute atomic E-state index is 12.1. The molecule has 1 fully saturated rings. The fourth-order valence-corrected chi connectivity index (χ4v) is 2.85. The number of nitrogens with zero attached hydrogens (tertiary/aromatic N) is 2. The van der Waals surface area contributed by atoms with E-state index in [0.29, 0.717) is 23.6 Å². The summed E-state index contributed by atoms with van der Waals surface area (Å²) in [7, 11) is 0. The van der Waals surface area contributed by atoms with Crippen molar-refractivity contribution in [3.05, 3.63) is 24.3 Å². The third-order valence-electron chi connectivity index (χ3n) is 3.24. The molecule has 1 heterocycles. The van der Waals surface area contributed by atoms with E-state index in [4.69, 9.17) is 9.52 Å². The van der Waals surface area contributed by atoms with E-state index < -0.39 is 0 Å². The normalized spacial score (nSPS) is 14.7. The lowest BCUT2D eigenvalue weighted by molar-refractivity contribution is -0.129. The highest BCUT2D eigenvalue weighted by Crippen LogP contribution is 2.28. The van der Waals surface area contributed by atoms with Crippen LogP contribution in [0.5, 0.6) is 0 Å². The molecule has 5 nitrogen and oxygen atoms in total. The van der Waals surface area contributed by atoms with Crippen LogP contribution in [0.3, 0.4) is 0 Å². The maximum Gasteiger partial charge on any atom is 0.257 e. The number of carbonyl (C=O) groups is 1. The second-order valence-corrected chi connectivity index (χ2v) is 5.70. The first kappa shape index (κ1) is 13.5. The zero-order chi connectivity index (χ0) is 13.9. The Hall–Kier alpha value is -1.53. The minimum atomic E-state index is 0.00972. The number of para-hydroxylation sites is 2. The van der Waals surface area contributed by atoms with Gasteiger partial charge in [0.1, 0.15) is 5.52 Å². The average molecular weight is 292 g/mol. The van der Waals surface area contributed by atoms with E-state index in [1.165, 1.54) is 11.8 Å². The summed E-state index contributed by atoms with van der Waals surface area (Å²) in [5.74, 6) is 0.331. The van der Waals surface area contributed by atoms with Crippen molar-refractivity contribution in [3.63, 3.8) is 0 Å². The lowest BCUT2D eigenvalue weighted by Crippen LogP contribution is -2.36. The summed E-state index contributed by atoms with van der Waals surface area (Å²) in [6.45, 7) is 0.424. The van der Waals surface area contributed by atoms with Crippen molar-refractivity contribution in [1.82, 2.24) is 9.88 Å². The van der Waals surface area contributed by atoms with Crippen LogP contribution in [0.4, 0.5) is 0 Å². The molecule has 0 radical (unpaired) electrons. The molecule has 2 aromatic rings. The Kier molecular flexibility index (Phi) is 3.93. The van der Waals surface area contributed by atoms with Crippen LogP contribution in [0.2, 0.25) is 0 Å². The molecule has 0 bridgehead atoms. The number of amides is 1. The molecule has 0 atom stereocenters. The number of thioether (sulfide) groups is 1. The summed E-state index contributed by atoms with van der Waals surface area (Å²) in [6, 6.07) is 7.85. The zero-order valence-electron chi connectivity index (χ0n) is 11.0. The second kappa shape index (κ2) is 5.85. The van der Waals surface area contributed by atoms with E-state index in [1.807, 2.05) is 24.3 Å². The molecule has 0 spiro atoms. The van der Waals surface area contributed by atoms with E-state index in [-0.39, 0.29) is 12.5 Å². The van der Waals surface area contributed by atoms with Gasteiger partial charge in [-0.2, -0.15) is 0 Å². The lowest BCUT2D eigenvalue weighted by Gasteiger charge is -2.20. The lowest BCUT2D eigenvalue weighted by atomic mass is 10.3. The van der Waals surface area contributed by atoms with Crippen molar-refractivity contribution < 1.29 is 14.3 Å². The topological polar surface area (TPSA) is 66.6 Å². The number of hydrogen-bond donors (Lipinski definition) is 1. The molecule has 1 aliphatic rings. The zero-order valence-corrected chi connectivity index (χ0v) is 11.8. The molecule has 20 heavy (non-hydrogen) atoms. The minimum absolute atomic E-state index is 0.00972. The Bertz CT molecular complexity index is 576. The van der Waals surface area contributed by atoms with Crippen molar-refractivity contribution in [2.45, 2.75) is 24.1 Å². The summed E-state index contributed by atoms with van der Waals surface area (Å²) >= 11 is 1.30. The van der Waals surface area contributed by atoms with Crippen LogP contribution >= 0.6 is 11.8 Å². The molecule has 106 valence electrons. The second-order valence-electron chi connectivity index (χ2n) is 4.78. The first-order chi connectivity index (χ1) is 9.78. The van der Waals surface area contributed by atoms with E-state index >= 15 is 0 Å². The molecule has 1 aliphatic carbocycles. The molecule has 3 rings (SSSR count). The predicted octanol–water partition coefficient (Wildman–Crippen LogP) is 1.90. The van der Waals surface area contributed by atoms with Gasteiger partial charge in [0.2, 0.25) is 5.91 Å². The molecule has 0 saturated heterocycles. The number of aliphatic hydroxyl groups is 1. The van der Waals surface area contributed by atoms with Crippen molar-refractivity contribution in [1.29, 1.82) is 0 Å². The highest BCUT2D eigenvalue weighted by molar-refractivity contribution is 7.99. The molecular weight excluding hydrogens is 276 g/mol. The first-order valence-corrected chi connectivity index (χ1v) is 7.65. The Morgan fingerprint density at radius 2 is 2.25 bits per heavy atom. The van der Waals surface area contributed by atoms with Gasteiger partial charge in [-0.3, -0.25) is 4.79 Å². The van der Waals surface area contributed by atoms with Crippen molar-refractivity contribution in [2.75, 3.05) is 18.9 Å². The highest BCUT2D eigenvalue weighted by atomic mass is 32.2. The van der Waals surface area contributed by atoms with Gasteiger partial charge in [-0.1, -0.05) is 23.9 Å². The number of aromatic nitrogens is 1. The van der Waals surface area contributed by atoms with E-state index in [0.717, 1.165) is 23.9 Å². The van der Waals surface area contributed by atoms with E-state index in [1.54, 1.807) is 4.90 Å². The van der Waals surface area contributed by atoms with Gasteiger partial charge in [0.05, 0.1) is 12.4 Å². The van der Waals surface area contributed by atoms with Crippen LogP contribution in [0.15, 0.2) is 33.9 Å². The van der Waals surface area contributed by atoms with Gasteiger partial charge in [0.25, 0.3) is 5.22 Å². The largest absolute Gasteiger partial charge is 0.431 e. The average Bonchev–Trinajstić information content (AvgIpc) is 3.20. The van der Waals surface area contributed by atoms with Crippen molar-refractivity contribution >= 4 is 28.8 Å². The minimum Gasteiger partial charge on any atom is -0.431 e. The Balaban J connectivity index is 1.61. The first-order valence-electron chi connectivity index (χ1n) is 6.66. The van der Waals surface area contributed by atoms with Crippen LogP contribution in [0.1, 0.15) is 12.8 Å². The summed E-state index contributed by atoms with van der Waals surface area (Å²) in [5.41, 5.74) is 1.54. The summed E-state index contributed by atoms with van der Waals surface area (Å²) in [5, 5.41) is 9.52. The van der Waals surface area contributed by atoms with Gasteiger partial charge in [-0.25, -0.2) is 4.98 Å². The van der Waals surface area contributed by atoms with Gasteiger partial charge in [0.15, 0.2) is 5.58 Å². The summed E-state index contributed by atoms with van der Waals surface area (Å²) in [4.78, 5) is 18.2. The predicted molar refractivity (Wildman–Crippen MR) is 76.6 cm³/mol. The van der Waals surface area contributed by atoms with Gasteiger partial charge in [-0.05, 0) is 25.0 Å². The van der Waals surface area contributed by atoms with Gasteiger partial charge in [-0.15, -0.1) is 0 Å².